The number of rotatable bonds is 3. The molecular weight excluding hydrogens is 342 g/mol. The lowest BCUT2D eigenvalue weighted by Crippen LogP contribution is -2.37. The van der Waals surface area contributed by atoms with Crippen molar-refractivity contribution in [2.75, 3.05) is 0 Å². The molecule has 0 aromatic heterocycles. The first-order chi connectivity index (χ1) is 10.4. The first kappa shape index (κ1) is 17.5. The number of hydrogen-bond acceptors (Lipinski definition) is 5. The maximum atomic E-state index is 14.1. The van der Waals surface area contributed by atoms with Gasteiger partial charge in [0.15, 0.2) is 11.8 Å². The molecule has 1 aliphatic rings. The molecule has 1 atom stereocenters. The normalized spacial score (nSPS) is 20.8. The number of para-hydroxylation sites is 1. The van der Waals surface area contributed by atoms with E-state index in [1.54, 1.807) is 0 Å². The van der Waals surface area contributed by atoms with Crippen LogP contribution in [0, 0.1) is 0 Å². The quantitative estimate of drug-likeness (QED) is 0.782. The molecule has 23 heavy (non-hydrogen) atoms. The fourth-order valence-electron chi connectivity index (χ4n) is 1.89. The zero-order chi connectivity index (χ0) is 17.5. The summed E-state index contributed by atoms with van der Waals surface area (Å²) in [5.74, 6) is -1.56. The lowest BCUT2D eigenvalue weighted by molar-refractivity contribution is -0.274. The van der Waals surface area contributed by atoms with Crippen LogP contribution in [0.2, 0.25) is 0 Å². The van der Waals surface area contributed by atoms with E-state index in [0.717, 1.165) is 12.1 Å². The molecule has 0 saturated carbocycles. The van der Waals surface area contributed by atoms with Crippen molar-refractivity contribution in [3.63, 3.8) is 0 Å². The van der Waals surface area contributed by atoms with Gasteiger partial charge in [0.05, 0.1) is 5.75 Å². The lowest BCUT2D eigenvalue weighted by Gasteiger charge is -2.18. The molecule has 0 amide bonds. The summed E-state index contributed by atoms with van der Waals surface area (Å²) in [7, 11) is -4.31. The molecular formula is C13H13F4NO4S. The van der Waals surface area contributed by atoms with Gasteiger partial charge in [-0.25, -0.2) is 12.8 Å². The van der Waals surface area contributed by atoms with Crippen LogP contribution in [0.5, 0.6) is 5.75 Å². The van der Waals surface area contributed by atoms with E-state index < -0.39 is 44.5 Å². The topological polar surface area (TPSA) is 65.0 Å². The Morgan fingerprint density at radius 2 is 1.91 bits per heavy atom. The van der Waals surface area contributed by atoms with Gasteiger partial charge in [0.1, 0.15) is 5.75 Å². The van der Waals surface area contributed by atoms with Crippen LogP contribution in [-0.2, 0) is 20.4 Å². The molecule has 1 aromatic carbocycles. The van der Waals surface area contributed by atoms with Crippen LogP contribution in [0.3, 0.4) is 0 Å². The van der Waals surface area contributed by atoms with Crippen LogP contribution < -0.4 is 4.74 Å². The summed E-state index contributed by atoms with van der Waals surface area (Å²) in [6.45, 7) is 2.62. The maximum Gasteiger partial charge on any atom is 0.573 e. The van der Waals surface area contributed by atoms with Crippen LogP contribution in [-0.4, -0.2) is 31.6 Å². The number of oxime groups is 1. The van der Waals surface area contributed by atoms with Gasteiger partial charge in [-0.1, -0.05) is 23.4 Å². The van der Waals surface area contributed by atoms with Crippen LogP contribution in [0.15, 0.2) is 29.4 Å². The molecule has 0 radical (unpaired) electrons. The van der Waals surface area contributed by atoms with Crippen molar-refractivity contribution < 1.29 is 35.6 Å². The number of nitrogens with zero attached hydrogens (tertiary/aromatic N) is 1. The molecule has 1 aliphatic heterocycles. The minimum Gasteiger partial charge on any atom is -0.405 e. The molecule has 10 heteroatoms. The number of alkyl halides is 4. The van der Waals surface area contributed by atoms with Crippen molar-refractivity contribution in [1.29, 1.82) is 0 Å². The fourth-order valence-corrected chi connectivity index (χ4v) is 3.44. The third-order valence-corrected chi connectivity index (χ3v) is 4.67. The van der Waals surface area contributed by atoms with Gasteiger partial charge in [0, 0.05) is 5.56 Å². The molecule has 1 aromatic rings. The maximum absolute atomic E-state index is 14.1. The van der Waals surface area contributed by atoms with E-state index in [1.807, 2.05) is 0 Å². The molecule has 0 saturated heterocycles. The van der Waals surface area contributed by atoms with E-state index in [9.17, 15) is 26.0 Å². The zero-order valence-corrected chi connectivity index (χ0v) is 12.9. The minimum atomic E-state index is -4.97. The predicted octanol–water partition coefficient (Wildman–Crippen LogP) is 2.96. The van der Waals surface area contributed by atoms with E-state index in [4.69, 9.17) is 4.84 Å². The molecule has 0 N–H and O–H groups in total. The molecule has 0 aliphatic carbocycles. The number of halogens is 4. The number of benzene rings is 1. The van der Waals surface area contributed by atoms with E-state index >= 15 is 0 Å². The van der Waals surface area contributed by atoms with E-state index in [1.165, 1.54) is 26.0 Å². The second-order valence-electron chi connectivity index (χ2n) is 5.40. The summed E-state index contributed by atoms with van der Waals surface area (Å²) >= 11 is 0. The lowest BCUT2D eigenvalue weighted by atomic mass is 10.1. The van der Waals surface area contributed by atoms with Gasteiger partial charge in [-0.05, 0) is 19.9 Å². The highest BCUT2D eigenvalue weighted by atomic mass is 32.2. The molecule has 0 fully saturated rings. The highest BCUT2D eigenvalue weighted by molar-refractivity contribution is 8.05. The first-order valence-corrected chi connectivity index (χ1v) is 8.04. The highest BCUT2D eigenvalue weighted by Crippen LogP contribution is 2.32. The predicted molar refractivity (Wildman–Crippen MR) is 73.2 cm³/mol. The zero-order valence-electron chi connectivity index (χ0n) is 12.1. The van der Waals surface area contributed by atoms with Gasteiger partial charge >= 0.3 is 6.36 Å². The Kier molecular flexibility index (Phi) is 4.31. The van der Waals surface area contributed by atoms with Gasteiger partial charge in [-0.3, -0.25) is 0 Å². The fraction of sp³-hybridized carbons (Fsp3) is 0.462. The third-order valence-electron chi connectivity index (χ3n) is 3.06. The van der Waals surface area contributed by atoms with Crippen LogP contribution in [0.4, 0.5) is 17.6 Å². The molecule has 1 unspecified atom stereocenters. The second kappa shape index (κ2) is 5.66. The Labute approximate surface area is 129 Å². The van der Waals surface area contributed by atoms with Crippen molar-refractivity contribution in [1.82, 2.24) is 0 Å². The van der Waals surface area contributed by atoms with Crippen molar-refractivity contribution in [3.8, 4) is 5.75 Å². The van der Waals surface area contributed by atoms with Crippen molar-refractivity contribution >= 4 is 14.9 Å². The van der Waals surface area contributed by atoms with E-state index in [0.29, 0.717) is 0 Å². The first-order valence-electron chi connectivity index (χ1n) is 6.39. The van der Waals surface area contributed by atoms with E-state index in [-0.39, 0.29) is 5.56 Å². The molecule has 0 bridgehead atoms. The second-order valence-corrected chi connectivity index (χ2v) is 7.34. The van der Waals surface area contributed by atoms with Crippen molar-refractivity contribution in [2.45, 2.75) is 37.7 Å². The summed E-state index contributed by atoms with van der Waals surface area (Å²) in [4.78, 5) is 4.72. The van der Waals surface area contributed by atoms with Crippen LogP contribution in [0.25, 0.3) is 0 Å². The van der Waals surface area contributed by atoms with Gasteiger partial charge in [0.25, 0.3) is 0 Å². The average molecular weight is 355 g/mol. The Hall–Kier alpha value is -1.84. The summed E-state index contributed by atoms with van der Waals surface area (Å²) in [5, 5.41) is 2.39. The number of sulfone groups is 1. The largest absolute Gasteiger partial charge is 0.573 e. The highest BCUT2D eigenvalue weighted by Gasteiger charge is 2.47. The monoisotopic (exact) mass is 355 g/mol. The van der Waals surface area contributed by atoms with Crippen LogP contribution >= 0.6 is 0 Å². The molecule has 128 valence electrons. The van der Waals surface area contributed by atoms with Crippen LogP contribution in [0.1, 0.15) is 19.4 Å². The number of ether oxygens (including phenoxy) is 1. The van der Waals surface area contributed by atoms with Gasteiger partial charge in [-0.2, -0.15) is 0 Å². The molecule has 0 spiro atoms. The van der Waals surface area contributed by atoms with Gasteiger partial charge in [-0.15, -0.1) is 13.2 Å². The Bertz CT molecular complexity index is 728. The average Bonchev–Trinajstić information content (AvgIpc) is 2.65. The van der Waals surface area contributed by atoms with Gasteiger partial charge in [0.2, 0.25) is 14.9 Å². The SMILES string of the molecule is CC1(C)ON=C(S(=O)(=O)Cc2ccccc2OC(F)(F)F)C1F. The van der Waals surface area contributed by atoms with E-state index in [2.05, 4.69) is 9.89 Å². The Morgan fingerprint density at radius 1 is 1.30 bits per heavy atom. The van der Waals surface area contributed by atoms with Crippen molar-refractivity contribution in [3.05, 3.63) is 29.8 Å². The smallest absolute Gasteiger partial charge is 0.405 e. The standard InChI is InChI=1S/C13H13F4NO4S/c1-12(2)10(14)11(18-22-12)23(19,20)7-8-5-3-4-6-9(8)21-13(15,16)17/h3-6,10H,7H2,1-2H3. The summed E-state index contributed by atoms with van der Waals surface area (Å²) in [6, 6.07) is 4.72. The summed E-state index contributed by atoms with van der Waals surface area (Å²) in [6.07, 6.45) is -6.98. The van der Waals surface area contributed by atoms with Crippen molar-refractivity contribution in [2.24, 2.45) is 5.16 Å². The summed E-state index contributed by atoms with van der Waals surface area (Å²) in [5.41, 5.74) is -1.71. The molecule has 2 rings (SSSR count). The minimum absolute atomic E-state index is 0.260. The molecule has 1 heterocycles. The van der Waals surface area contributed by atoms with Gasteiger partial charge < -0.3 is 9.57 Å². The Balaban J connectivity index is 2.29. The third kappa shape index (κ3) is 3.92. The number of hydrogen-bond donors (Lipinski definition) is 0. The molecule has 5 nitrogen and oxygen atoms in total. The Morgan fingerprint density at radius 3 is 2.43 bits per heavy atom. The summed E-state index contributed by atoms with van der Waals surface area (Å²) < 4.78 is 79.4.